The van der Waals surface area contributed by atoms with Gasteiger partial charge in [0.1, 0.15) is 11.4 Å². The third-order valence-electron chi connectivity index (χ3n) is 3.92. The molecule has 0 aliphatic carbocycles. The highest BCUT2D eigenvalue weighted by atomic mass is 16.7. The molecule has 0 saturated carbocycles. The fraction of sp³-hybridized carbons (Fsp3) is 0.238. The van der Waals surface area contributed by atoms with Crippen LogP contribution in [0.4, 0.5) is 0 Å². The summed E-state index contributed by atoms with van der Waals surface area (Å²) in [6.07, 6.45) is 1.49. The van der Waals surface area contributed by atoms with Crippen molar-refractivity contribution in [1.29, 1.82) is 0 Å². The van der Waals surface area contributed by atoms with E-state index in [-0.39, 0.29) is 12.5 Å². The van der Waals surface area contributed by atoms with Gasteiger partial charge in [-0.1, -0.05) is 19.9 Å². The standard InChI is InChI=1S/C21H22N2O5/c1-13(2)11-26-16-6-4-15(5-7-16)21(25)23-17(20(22)24)9-14-3-8-18-19(10-14)28-12-27-18/h3-10,13H,11-12H2,1-2H3,(H2,22,24)(H,23,25)/b17-9+. The number of hydrogen-bond acceptors (Lipinski definition) is 5. The van der Waals surface area contributed by atoms with Crippen molar-refractivity contribution in [2.24, 2.45) is 11.7 Å². The largest absolute Gasteiger partial charge is 0.493 e. The number of carbonyl (C=O) groups excluding carboxylic acids is 2. The van der Waals surface area contributed by atoms with Crippen LogP contribution < -0.4 is 25.3 Å². The van der Waals surface area contributed by atoms with Gasteiger partial charge in [-0.3, -0.25) is 9.59 Å². The van der Waals surface area contributed by atoms with E-state index in [9.17, 15) is 9.59 Å². The Bertz CT molecular complexity index is 904. The van der Waals surface area contributed by atoms with Crippen LogP contribution in [-0.4, -0.2) is 25.2 Å². The molecule has 7 nitrogen and oxygen atoms in total. The van der Waals surface area contributed by atoms with E-state index in [1.165, 1.54) is 6.08 Å². The Kier molecular flexibility index (Phi) is 5.84. The zero-order valence-corrected chi connectivity index (χ0v) is 15.7. The van der Waals surface area contributed by atoms with Crippen molar-refractivity contribution < 1.29 is 23.8 Å². The molecule has 2 aromatic carbocycles. The van der Waals surface area contributed by atoms with Crippen molar-refractivity contribution in [3.05, 3.63) is 59.3 Å². The third kappa shape index (κ3) is 4.82. The van der Waals surface area contributed by atoms with Gasteiger partial charge >= 0.3 is 0 Å². The molecule has 0 saturated heterocycles. The van der Waals surface area contributed by atoms with Crippen molar-refractivity contribution in [3.63, 3.8) is 0 Å². The molecule has 0 bridgehead atoms. The summed E-state index contributed by atoms with van der Waals surface area (Å²) >= 11 is 0. The molecule has 0 atom stereocenters. The average molecular weight is 382 g/mol. The van der Waals surface area contributed by atoms with E-state index in [1.807, 2.05) is 0 Å². The van der Waals surface area contributed by atoms with Crippen LogP contribution in [0.3, 0.4) is 0 Å². The van der Waals surface area contributed by atoms with Crippen LogP contribution in [0.15, 0.2) is 48.2 Å². The lowest BCUT2D eigenvalue weighted by Crippen LogP contribution is -2.31. The van der Waals surface area contributed by atoms with Crippen LogP contribution in [0.2, 0.25) is 0 Å². The molecule has 1 heterocycles. The molecular formula is C21H22N2O5. The summed E-state index contributed by atoms with van der Waals surface area (Å²) in [7, 11) is 0. The van der Waals surface area contributed by atoms with Gasteiger partial charge in [0.25, 0.3) is 11.8 Å². The van der Waals surface area contributed by atoms with Crippen LogP contribution in [0.25, 0.3) is 6.08 Å². The van der Waals surface area contributed by atoms with E-state index in [4.69, 9.17) is 19.9 Å². The summed E-state index contributed by atoms with van der Waals surface area (Å²) in [5, 5.41) is 2.55. The van der Waals surface area contributed by atoms with Gasteiger partial charge in [0, 0.05) is 5.56 Å². The molecule has 146 valence electrons. The van der Waals surface area contributed by atoms with Gasteiger partial charge in [-0.15, -0.1) is 0 Å². The summed E-state index contributed by atoms with van der Waals surface area (Å²) in [6, 6.07) is 11.9. The molecule has 0 spiro atoms. The fourth-order valence-corrected chi connectivity index (χ4v) is 2.50. The lowest BCUT2D eigenvalue weighted by Gasteiger charge is -2.10. The van der Waals surface area contributed by atoms with Crippen molar-refractivity contribution in [2.45, 2.75) is 13.8 Å². The minimum absolute atomic E-state index is 0.0241. The van der Waals surface area contributed by atoms with Crippen molar-refractivity contribution in [2.75, 3.05) is 13.4 Å². The topological polar surface area (TPSA) is 99.9 Å². The number of hydrogen-bond donors (Lipinski definition) is 2. The molecule has 0 aromatic heterocycles. The van der Waals surface area contributed by atoms with Crippen LogP contribution in [0, 0.1) is 5.92 Å². The van der Waals surface area contributed by atoms with Crippen LogP contribution >= 0.6 is 0 Å². The second-order valence-electron chi connectivity index (χ2n) is 6.72. The molecule has 7 heteroatoms. The Morgan fingerprint density at radius 3 is 2.54 bits per heavy atom. The van der Waals surface area contributed by atoms with E-state index >= 15 is 0 Å². The second kappa shape index (κ2) is 8.47. The maximum atomic E-state index is 12.5. The Labute approximate surface area is 163 Å². The normalized spacial score (nSPS) is 12.8. The van der Waals surface area contributed by atoms with E-state index < -0.39 is 11.8 Å². The number of carbonyl (C=O) groups is 2. The fourth-order valence-electron chi connectivity index (χ4n) is 2.50. The predicted molar refractivity (Wildman–Crippen MR) is 104 cm³/mol. The number of primary amides is 1. The van der Waals surface area contributed by atoms with E-state index in [0.717, 1.165) is 0 Å². The Hall–Kier alpha value is -3.48. The van der Waals surface area contributed by atoms with Crippen molar-refractivity contribution in [1.82, 2.24) is 5.32 Å². The summed E-state index contributed by atoms with van der Waals surface area (Å²) in [6.45, 7) is 4.85. The highest BCUT2D eigenvalue weighted by molar-refractivity contribution is 6.04. The van der Waals surface area contributed by atoms with Crippen molar-refractivity contribution in [3.8, 4) is 17.2 Å². The zero-order valence-electron chi connectivity index (χ0n) is 15.7. The lowest BCUT2D eigenvalue weighted by atomic mass is 10.1. The highest BCUT2D eigenvalue weighted by Gasteiger charge is 2.15. The molecule has 0 radical (unpaired) electrons. The van der Waals surface area contributed by atoms with E-state index in [1.54, 1.807) is 42.5 Å². The summed E-state index contributed by atoms with van der Waals surface area (Å²) in [5.74, 6) is 1.09. The molecule has 2 aromatic rings. The summed E-state index contributed by atoms with van der Waals surface area (Å²) in [5.41, 5.74) is 6.43. The molecule has 0 unspecified atom stereocenters. The molecule has 3 rings (SSSR count). The molecule has 1 aliphatic heterocycles. The quantitative estimate of drug-likeness (QED) is 0.717. The monoisotopic (exact) mass is 382 g/mol. The van der Waals surface area contributed by atoms with Crippen LogP contribution in [-0.2, 0) is 4.79 Å². The Morgan fingerprint density at radius 2 is 1.86 bits per heavy atom. The highest BCUT2D eigenvalue weighted by Crippen LogP contribution is 2.33. The minimum atomic E-state index is -0.747. The summed E-state index contributed by atoms with van der Waals surface area (Å²) in [4.78, 5) is 24.2. The maximum Gasteiger partial charge on any atom is 0.265 e. The number of rotatable bonds is 7. The first-order valence-electron chi connectivity index (χ1n) is 8.88. The lowest BCUT2D eigenvalue weighted by molar-refractivity contribution is -0.114. The molecule has 1 aliphatic rings. The van der Waals surface area contributed by atoms with E-state index in [2.05, 4.69) is 19.2 Å². The van der Waals surface area contributed by atoms with Crippen molar-refractivity contribution >= 4 is 17.9 Å². The molecular weight excluding hydrogens is 360 g/mol. The van der Waals surface area contributed by atoms with Gasteiger partial charge in [-0.25, -0.2) is 0 Å². The number of amides is 2. The first-order valence-corrected chi connectivity index (χ1v) is 8.88. The van der Waals surface area contributed by atoms with Gasteiger partial charge in [0.2, 0.25) is 6.79 Å². The first kappa shape index (κ1) is 19.3. The van der Waals surface area contributed by atoms with Gasteiger partial charge in [-0.05, 0) is 54.0 Å². The Balaban J connectivity index is 1.71. The first-order chi connectivity index (χ1) is 13.4. The Morgan fingerprint density at radius 1 is 1.14 bits per heavy atom. The van der Waals surface area contributed by atoms with Gasteiger partial charge in [0.05, 0.1) is 6.61 Å². The van der Waals surface area contributed by atoms with Crippen LogP contribution in [0.5, 0.6) is 17.2 Å². The van der Waals surface area contributed by atoms with Gasteiger partial charge in [-0.2, -0.15) is 0 Å². The average Bonchev–Trinajstić information content (AvgIpc) is 3.14. The predicted octanol–water partition coefficient (Wildman–Crippen LogP) is 2.71. The number of nitrogens with two attached hydrogens (primary N) is 1. The molecule has 2 amide bonds. The number of benzene rings is 2. The second-order valence-corrected chi connectivity index (χ2v) is 6.72. The molecule has 3 N–H and O–H groups in total. The minimum Gasteiger partial charge on any atom is -0.493 e. The smallest absolute Gasteiger partial charge is 0.265 e. The molecule has 0 fully saturated rings. The SMILES string of the molecule is CC(C)COc1ccc(C(=O)N/C(=C/c2ccc3c(c2)OCO3)C(N)=O)cc1. The van der Waals surface area contributed by atoms with Gasteiger partial charge < -0.3 is 25.3 Å². The third-order valence-corrected chi connectivity index (χ3v) is 3.92. The maximum absolute atomic E-state index is 12.5. The van der Waals surface area contributed by atoms with Gasteiger partial charge in [0.15, 0.2) is 11.5 Å². The summed E-state index contributed by atoms with van der Waals surface area (Å²) < 4.78 is 16.2. The molecule has 28 heavy (non-hydrogen) atoms. The number of fused-ring (bicyclic) bond motifs is 1. The number of nitrogens with one attached hydrogen (secondary N) is 1. The zero-order chi connectivity index (χ0) is 20.1. The van der Waals surface area contributed by atoms with Crippen LogP contribution in [0.1, 0.15) is 29.8 Å². The number of ether oxygens (including phenoxy) is 3. The van der Waals surface area contributed by atoms with E-state index in [0.29, 0.717) is 40.9 Å².